The first-order valence-electron chi connectivity index (χ1n) is 11.5. The number of anilines is 4. The maximum Gasteiger partial charge on any atom is 0.304 e. The Labute approximate surface area is 208 Å². The highest BCUT2D eigenvalue weighted by molar-refractivity contribution is 5.95. The molecule has 0 bridgehead atoms. The average Bonchev–Trinajstić information content (AvgIpc) is 2.89. The van der Waals surface area contributed by atoms with Gasteiger partial charge in [0.15, 0.2) is 0 Å². The molecule has 1 amide bonds. The van der Waals surface area contributed by atoms with Gasteiger partial charge in [-0.1, -0.05) is 13.0 Å². The molecule has 184 valence electrons. The van der Waals surface area contributed by atoms with Crippen LogP contribution in [-0.2, 0) is 14.3 Å². The Morgan fingerprint density at radius 2 is 1.92 bits per heavy atom. The van der Waals surface area contributed by atoms with Gasteiger partial charge in [-0.05, 0) is 42.5 Å². The molecule has 3 aromatic rings. The van der Waals surface area contributed by atoms with Gasteiger partial charge < -0.3 is 25.4 Å². The second kappa shape index (κ2) is 11.3. The molecular weight excluding hydrogens is 460 g/mol. The molecule has 0 aliphatic carbocycles. The fraction of sp³-hybridized carbons (Fsp3) is 0.269. The summed E-state index contributed by atoms with van der Waals surface area (Å²) in [5.41, 5.74) is 3.82. The Morgan fingerprint density at radius 1 is 1.17 bits per heavy atom. The Morgan fingerprint density at radius 3 is 2.61 bits per heavy atom. The summed E-state index contributed by atoms with van der Waals surface area (Å²) in [6.07, 6.45) is 1.33. The lowest BCUT2D eigenvalue weighted by Gasteiger charge is -2.28. The topological polar surface area (TPSA) is 140 Å². The van der Waals surface area contributed by atoms with E-state index in [1.807, 2.05) is 24.3 Å². The van der Waals surface area contributed by atoms with Gasteiger partial charge >= 0.3 is 5.97 Å². The maximum atomic E-state index is 12.3. The van der Waals surface area contributed by atoms with E-state index >= 15 is 0 Å². The van der Waals surface area contributed by atoms with Crippen LogP contribution in [0.2, 0.25) is 0 Å². The largest absolute Gasteiger partial charge is 0.481 e. The number of aromatic nitrogens is 2. The highest BCUT2D eigenvalue weighted by atomic mass is 16.5. The molecule has 1 saturated heterocycles. The molecule has 1 fully saturated rings. The minimum atomic E-state index is -1.06. The lowest BCUT2D eigenvalue weighted by atomic mass is 10.0. The molecular formula is C26H26N6O4. The van der Waals surface area contributed by atoms with Crippen LogP contribution in [0.3, 0.4) is 0 Å². The number of aliphatic carboxylic acids is 1. The number of carbonyl (C=O) groups excluding carboxylic acids is 1. The van der Waals surface area contributed by atoms with Crippen molar-refractivity contribution in [3.05, 3.63) is 60.3 Å². The van der Waals surface area contributed by atoms with Crippen molar-refractivity contribution in [2.24, 2.45) is 5.92 Å². The summed E-state index contributed by atoms with van der Waals surface area (Å²) in [6, 6.07) is 16.8. The highest BCUT2D eigenvalue weighted by Crippen LogP contribution is 2.26. The minimum absolute atomic E-state index is 0.246. The fourth-order valence-electron chi connectivity index (χ4n) is 3.80. The quantitative estimate of drug-likeness (QED) is 0.435. The molecule has 0 spiro atoms. The van der Waals surface area contributed by atoms with Gasteiger partial charge in [0.05, 0.1) is 36.6 Å². The SMILES string of the molecule is CC(CC(=O)O)C(=O)Nc1ccc(-c2ccnc(Nc3ccc(N4CCOCC4)cc3)n2)cc1C#N. The number of hydrogen-bond donors (Lipinski definition) is 3. The first kappa shape index (κ1) is 24.6. The number of nitrogens with zero attached hydrogens (tertiary/aromatic N) is 4. The molecule has 3 N–H and O–H groups in total. The molecule has 2 aromatic carbocycles. The van der Waals surface area contributed by atoms with E-state index in [0.29, 0.717) is 22.9 Å². The summed E-state index contributed by atoms with van der Waals surface area (Å²) in [5.74, 6) is -1.85. The Bertz CT molecular complexity index is 1280. The van der Waals surface area contributed by atoms with E-state index in [2.05, 4.69) is 31.6 Å². The zero-order chi connectivity index (χ0) is 25.5. The van der Waals surface area contributed by atoms with E-state index in [1.165, 1.54) is 6.92 Å². The number of benzene rings is 2. The van der Waals surface area contributed by atoms with Crippen LogP contribution < -0.4 is 15.5 Å². The summed E-state index contributed by atoms with van der Waals surface area (Å²) in [4.78, 5) is 34.3. The van der Waals surface area contributed by atoms with E-state index in [1.54, 1.807) is 30.5 Å². The predicted octanol–water partition coefficient (Wildman–Crippen LogP) is 3.64. The standard InChI is InChI=1S/C26H26N6O4/c1-17(14-24(33)34)25(35)30-22-7-2-18(15-19(22)16-27)23-8-9-28-26(31-23)29-20-3-5-21(6-4-20)32-10-12-36-13-11-32/h2-9,15,17H,10-14H2,1H3,(H,30,35)(H,33,34)(H,28,29,31). The number of morpholine rings is 1. The average molecular weight is 487 g/mol. The van der Waals surface area contributed by atoms with Crippen molar-refractivity contribution >= 4 is 34.9 Å². The molecule has 10 nitrogen and oxygen atoms in total. The van der Waals surface area contributed by atoms with Crippen LogP contribution in [0.5, 0.6) is 0 Å². The third kappa shape index (κ3) is 6.14. The van der Waals surface area contributed by atoms with Crippen molar-refractivity contribution in [1.82, 2.24) is 9.97 Å². The van der Waals surface area contributed by atoms with Gasteiger partial charge in [0.2, 0.25) is 11.9 Å². The summed E-state index contributed by atoms with van der Waals surface area (Å²) in [5, 5.41) is 24.3. The Kier molecular flexibility index (Phi) is 7.72. The molecule has 1 unspecified atom stereocenters. The minimum Gasteiger partial charge on any atom is -0.481 e. The van der Waals surface area contributed by atoms with Crippen LogP contribution in [0.15, 0.2) is 54.7 Å². The van der Waals surface area contributed by atoms with Gasteiger partial charge in [0, 0.05) is 42.1 Å². The molecule has 1 atom stereocenters. The van der Waals surface area contributed by atoms with Crippen LogP contribution in [0.25, 0.3) is 11.3 Å². The van der Waals surface area contributed by atoms with Gasteiger partial charge in [0.25, 0.3) is 0 Å². The number of rotatable bonds is 8. The van der Waals surface area contributed by atoms with E-state index < -0.39 is 17.8 Å². The second-order valence-corrected chi connectivity index (χ2v) is 8.40. The lowest BCUT2D eigenvalue weighted by molar-refractivity contribution is -0.139. The number of carbonyl (C=O) groups is 2. The maximum absolute atomic E-state index is 12.3. The van der Waals surface area contributed by atoms with Gasteiger partial charge in [-0.3, -0.25) is 9.59 Å². The van der Waals surface area contributed by atoms with Crippen molar-refractivity contribution in [2.75, 3.05) is 41.8 Å². The van der Waals surface area contributed by atoms with Crippen LogP contribution in [0.4, 0.5) is 23.0 Å². The van der Waals surface area contributed by atoms with Gasteiger partial charge in [-0.15, -0.1) is 0 Å². The van der Waals surface area contributed by atoms with Crippen LogP contribution in [0, 0.1) is 17.2 Å². The molecule has 1 aromatic heterocycles. The fourth-order valence-corrected chi connectivity index (χ4v) is 3.80. The summed E-state index contributed by atoms with van der Waals surface area (Å²) in [7, 11) is 0. The van der Waals surface area contributed by atoms with Gasteiger partial charge in [-0.25, -0.2) is 9.97 Å². The monoisotopic (exact) mass is 486 g/mol. The molecule has 0 saturated carbocycles. The highest BCUT2D eigenvalue weighted by Gasteiger charge is 2.18. The van der Waals surface area contributed by atoms with Crippen LogP contribution in [-0.4, -0.2) is 53.3 Å². The first-order valence-corrected chi connectivity index (χ1v) is 11.5. The molecule has 1 aliphatic heterocycles. The number of hydrogen-bond acceptors (Lipinski definition) is 8. The van der Waals surface area contributed by atoms with E-state index in [-0.39, 0.29) is 12.0 Å². The second-order valence-electron chi connectivity index (χ2n) is 8.40. The van der Waals surface area contributed by atoms with Crippen molar-refractivity contribution in [3.8, 4) is 17.3 Å². The van der Waals surface area contributed by atoms with Gasteiger partial charge in [-0.2, -0.15) is 5.26 Å². The first-order chi connectivity index (χ1) is 17.4. The number of ether oxygens (including phenoxy) is 1. The zero-order valence-electron chi connectivity index (χ0n) is 19.8. The molecule has 2 heterocycles. The molecule has 4 rings (SSSR count). The number of nitriles is 1. The summed E-state index contributed by atoms with van der Waals surface area (Å²) < 4.78 is 5.41. The van der Waals surface area contributed by atoms with Crippen LogP contribution in [0.1, 0.15) is 18.9 Å². The predicted molar refractivity (Wildman–Crippen MR) is 135 cm³/mol. The normalized spacial score (nSPS) is 13.9. The van der Waals surface area contributed by atoms with E-state index in [0.717, 1.165) is 37.7 Å². The molecule has 0 radical (unpaired) electrons. The van der Waals surface area contributed by atoms with Gasteiger partial charge in [0.1, 0.15) is 6.07 Å². The molecule has 1 aliphatic rings. The van der Waals surface area contributed by atoms with Crippen molar-refractivity contribution in [3.63, 3.8) is 0 Å². The summed E-state index contributed by atoms with van der Waals surface area (Å²) in [6.45, 7) is 4.71. The smallest absolute Gasteiger partial charge is 0.304 e. The summed E-state index contributed by atoms with van der Waals surface area (Å²) >= 11 is 0. The van der Waals surface area contributed by atoms with Crippen molar-refractivity contribution in [1.29, 1.82) is 5.26 Å². The molecule has 10 heteroatoms. The molecule has 36 heavy (non-hydrogen) atoms. The zero-order valence-corrected chi connectivity index (χ0v) is 19.8. The van der Waals surface area contributed by atoms with E-state index in [9.17, 15) is 14.9 Å². The third-order valence-electron chi connectivity index (χ3n) is 5.78. The Balaban J connectivity index is 1.47. The number of amides is 1. The number of carboxylic acid groups (broad SMARTS) is 1. The number of nitrogens with one attached hydrogen (secondary N) is 2. The van der Waals surface area contributed by atoms with Crippen LogP contribution >= 0.6 is 0 Å². The Hall–Kier alpha value is -4.49. The van der Waals surface area contributed by atoms with Crippen molar-refractivity contribution < 1.29 is 19.4 Å². The van der Waals surface area contributed by atoms with E-state index in [4.69, 9.17) is 9.84 Å². The number of carboxylic acids is 1. The third-order valence-corrected chi connectivity index (χ3v) is 5.78. The van der Waals surface area contributed by atoms with Crippen molar-refractivity contribution in [2.45, 2.75) is 13.3 Å². The lowest BCUT2D eigenvalue weighted by Crippen LogP contribution is -2.36.